The molecule has 0 saturated carbocycles. The van der Waals surface area contributed by atoms with Gasteiger partial charge in [-0.2, -0.15) is 5.10 Å². The fourth-order valence-corrected chi connectivity index (χ4v) is 2.15. The van der Waals surface area contributed by atoms with E-state index in [0.717, 1.165) is 30.8 Å². The smallest absolute Gasteiger partial charge is 0.254 e. The molecule has 1 saturated heterocycles. The Kier molecular flexibility index (Phi) is 4.01. The van der Waals surface area contributed by atoms with Crippen LogP contribution >= 0.6 is 0 Å². The molecule has 1 aliphatic rings. The predicted octanol–water partition coefficient (Wildman–Crippen LogP) is 1.74. The van der Waals surface area contributed by atoms with Crippen LogP contribution in [0.25, 0.3) is 0 Å². The number of carbonyl (C=O) groups is 1. The summed E-state index contributed by atoms with van der Waals surface area (Å²) >= 11 is 0. The summed E-state index contributed by atoms with van der Waals surface area (Å²) in [6, 6.07) is 1.94. The molecule has 100 valence electrons. The van der Waals surface area contributed by atoms with Crippen LogP contribution in [-0.4, -0.2) is 28.4 Å². The number of nitrogens with one attached hydrogen (secondary N) is 1. The molecule has 1 aromatic heterocycles. The van der Waals surface area contributed by atoms with E-state index in [0.29, 0.717) is 12.5 Å². The number of nitrogens with zero attached hydrogens (tertiary/aromatic N) is 2. The molecule has 0 radical (unpaired) electrons. The molecule has 1 N–H and O–H groups in total. The Balaban J connectivity index is 1.99. The van der Waals surface area contributed by atoms with Crippen molar-refractivity contribution in [3.05, 3.63) is 11.8 Å². The van der Waals surface area contributed by atoms with Crippen LogP contribution in [0, 0.1) is 5.92 Å². The van der Waals surface area contributed by atoms with Gasteiger partial charge in [0.05, 0.1) is 5.69 Å². The van der Waals surface area contributed by atoms with E-state index in [9.17, 15) is 4.79 Å². The van der Waals surface area contributed by atoms with Crippen LogP contribution in [0.3, 0.4) is 0 Å². The lowest BCUT2D eigenvalue weighted by Crippen LogP contribution is -2.27. The Morgan fingerprint density at radius 3 is 3.06 bits per heavy atom. The van der Waals surface area contributed by atoms with E-state index in [1.165, 1.54) is 0 Å². The van der Waals surface area contributed by atoms with Crippen LogP contribution in [0.2, 0.25) is 0 Å². The maximum Gasteiger partial charge on any atom is 0.254 e. The molecule has 18 heavy (non-hydrogen) atoms. The first-order valence-corrected chi connectivity index (χ1v) is 6.51. The van der Waals surface area contributed by atoms with Crippen molar-refractivity contribution < 1.29 is 9.53 Å². The maximum atomic E-state index is 11.9. The Bertz CT molecular complexity index is 420. The molecule has 0 unspecified atom stereocenters. The number of ether oxygens (including phenoxy) is 1. The second-order valence-electron chi connectivity index (χ2n) is 5.23. The fraction of sp³-hybridized carbons (Fsp3) is 0.692. The van der Waals surface area contributed by atoms with Crippen LogP contribution < -0.4 is 5.32 Å². The first kappa shape index (κ1) is 13.1. The summed E-state index contributed by atoms with van der Waals surface area (Å²) in [5, 5.41) is 7.27. The third-order valence-corrected chi connectivity index (χ3v) is 3.02. The molecule has 1 aromatic rings. The van der Waals surface area contributed by atoms with Gasteiger partial charge in [-0.05, 0) is 25.2 Å². The third kappa shape index (κ3) is 3.10. The van der Waals surface area contributed by atoms with E-state index in [1.54, 1.807) is 4.68 Å². The van der Waals surface area contributed by atoms with Gasteiger partial charge < -0.3 is 10.1 Å². The Morgan fingerprint density at radius 2 is 2.44 bits per heavy atom. The zero-order valence-corrected chi connectivity index (χ0v) is 11.3. The zero-order chi connectivity index (χ0) is 13.1. The first-order valence-electron chi connectivity index (χ1n) is 6.51. The van der Waals surface area contributed by atoms with Gasteiger partial charge in [0.1, 0.15) is 11.9 Å². The molecule has 5 nitrogen and oxygen atoms in total. The number of amides is 1. The number of rotatable bonds is 4. The highest BCUT2D eigenvalue weighted by molar-refractivity contribution is 5.93. The van der Waals surface area contributed by atoms with E-state index in [-0.39, 0.29) is 12.0 Å². The van der Waals surface area contributed by atoms with Gasteiger partial charge in [-0.15, -0.1) is 0 Å². The normalized spacial score (nSPS) is 19.4. The summed E-state index contributed by atoms with van der Waals surface area (Å²) in [6.45, 7) is 4.99. The van der Waals surface area contributed by atoms with E-state index < -0.39 is 0 Å². The summed E-state index contributed by atoms with van der Waals surface area (Å²) in [5.41, 5.74) is 1.01. The lowest BCUT2D eigenvalue weighted by Gasteiger charge is -2.09. The number of carbonyl (C=O) groups excluding carboxylic acids is 1. The highest BCUT2D eigenvalue weighted by Crippen LogP contribution is 2.16. The average Bonchev–Trinajstić information content (AvgIpc) is 2.88. The van der Waals surface area contributed by atoms with Crippen LogP contribution in [-0.2, 0) is 23.0 Å². The molecule has 0 aromatic carbocycles. The van der Waals surface area contributed by atoms with E-state index >= 15 is 0 Å². The van der Waals surface area contributed by atoms with Gasteiger partial charge in [0.15, 0.2) is 0 Å². The molecule has 0 aliphatic carbocycles. The van der Waals surface area contributed by atoms with Crippen LogP contribution in [0.4, 0.5) is 5.82 Å². The molecular weight excluding hydrogens is 230 g/mol. The second-order valence-corrected chi connectivity index (χ2v) is 5.23. The van der Waals surface area contributed by atoms with Crippen molar-refractivity contribution in [1.29, 1.82) is 0 Å². The molecule has 5 heteroatoms. The number of aromatic nitrogens is 2. The predicted molar refractivity (Wildman–Crippen MR) is 69.4 cm³/mol. The van der Waals surface area contributed by atoms with Gasteiger partial charge in [-0.3, -0.25) is 9.48 Å². The SMILES string of the molecule is CC(C)Cc1cc(NC(=O)[C@H]2CCCO2)n(C)n1. The maximum absolute atomic E-state index is 11.9. The van der Waals surface area contributed by atoms with Crippen LogP contribution in [0.1, 0.15) is 32.4 Å². The Morgan fingerprint density at radius 1 is 1.67 bits per heavy atom. The standard InChI is InChI=1S/C13H21N3O2/c1-9(2)7-10-8-12(16(3)15-10)14-13(17)11-5-4-6-18-11/h8-9,11H,4-7H2,1-3H3,(H,14,17)/t11-/m1/s1. The van der Waals surface area contributed by atoms with Crippen LogP contribution in [0.15, 0.2) is 6.07 Å². The van der Waals surface area contributed by atoms with Crippen molar-refractivity contribution in [2.75, 3.05) is 11.9 Å². The number of aryl methyl sites for hydroxylation is 1. The molecule has 0 bridgehead atoms. The monoisotopic (exact) mass is 251 g/mol. The highest BCUT2D eigenvalue weighted by atomic mass is 16.5. The van der Waals surface area contributed by atoms with Crippen LogP contribution in [0.5, 0.6) is 0 Å². The summed E-state index contributed by atoms with van der Waals surface area (Å²) in [6.07, 6.45) is 2.39. The first-order chi connectivity index (χ1) is 8.56. The van der Waals surface area contributed by atoms with Gasteiger partial charge in [0.25, 0.3) is 5.91 Å². The van der Waals surface area contributed by atoms with Crippen molar-refractivity contribution in [3.63, 3.8) is 0 Å². The largest absolute Gasteiger partial charge is 0.368 e. The van der Waals surface area contributed by atoms with Crippen molar-refractivity contribution in [1.82, 2.24) is 9.78 Å². The molecule has 1 fully saturated rings. The Hall–Kier alpha value is -1.36. The summed E-state index contributed by atoms with van der Waals surface area (Å²) in [4.78, 5) is 11.9. The third-order valence-electron chi connectivity index (χ3n) is 3.02. The number of hydrogen-bond acceptors (Lipinski definition) is 3. The summed E-state index contributed by atoms with van der Waals surface area (Å²) in [5.74, 6) is 1.24. The quantitative estimate of drug-likeness (QED) is 0.886. The lowest BCUT2D eigenvalue weighted by molar-refractivity contribution is -0.124. The minimum absolute atomic E-state index is 0.0633. The molecule has 1 aliphatic heterocycles. The number of anilines is 1. The van der Waals surface area contributed by atoms with E-state index in [2.05, 4.69) is 24.3 Å². The van der Waals surface area contributed by atoms with Gasteiger partial charge in [0, 0.05) is 19.7 Å². The second kappa shape index (κ2) is 5.52. The van der Waals surface area contributed by atoms with Crippen molar-refractivity contribution in [2.24, 2.45) is 13.0 Å². The van der Waals surface area contributed by atoms with Crippen molar-refractivity contribution in [3.8, 4) is 0 Å². The molecular formula is C13H21N3O2. The van der Waals surface area contributed by atoms with Crippen molar-refractivity contribution >= 4 is 11.7 Å². The van der Waals surface area contributed by atoms with E-state index in [1.807, 2.05) is 13.1 Å². The Labute approximate surface area is 108 Å². The van der Waals surface area contributed by atoms with E-state index in [4.69, 9.17) is 4.74 Å². The van der Waals surface area contributed by atoms with Gasteiger partial charge >= 0.3 is 0 Å². The topological polar surface area (TPSA) is 56.1 Å². The summed E-state index contributed by atoms with van der Waals surface area (Å²) in [7, 11) is 1.84. The zero-order valence-electron chi connectivity index (χ0n) is 11.3. The lowest BCUT2D eigenvalue weighted by atomic mass is 10.1. The highest BCUT2D eigenvalue weighted by Gasteiger charge is 2.24. The van der Waals surface area contributed by atoms with Crippen molar-refractivity contribution in [2.45, 2.75) is 39.2 Å². The molecule has 2 rings (SSSR count). The molecule has 1 amide bonds. The molecule has 2 heterocycles. The van der Waals surface area contributed by atoms with Gasteiger partial charge in [-0.25, -0.2) is 0 Å². The molecule has 1 atom stereocenters. The minimum atomic E-state index is -0.298. The minimum Gasteiger partial charge on any atom is -0.368 e. The van der Waals surface area contributed by atoms with Gasteiger partial charge in [-0.1, -0.05) is 13.8 Å². The number of hydrogen-bond donors (Lipinski definition) is 1. The van der Waals surface area contributed by atoms with Gasteiger partial charge in [0.2, 0.25) is 0 Å². The summed E-state index contributed by atoms with van der Waals surface area (Å²) < 4.78 is 7.07. The average molecular weight is 251 g/mol. The molecule has 0 spiro atoms. The fourth-order valence-electron chi connectivity index (χ4n) is 2.15.